The maximum atomic E-state index is 13.5. The zero-order chi connectivity index (χ0) is 19.3. The van der Waals surface area contributed by atoms with Gasteiger partial charge in [0.25, 0.3) is 5.56 Å². The van der Waals surface area contributed by atoms with Crippen molar-refractivity contribution in [1.82, 2.24) is 14.9 Å². The Bertz CT molecular complexity index is 909. The van der Waals surface area contributed by atoms with E-state index in [2.05, 4.69) is 10.1 Å². The number of ether oxygens (including phenoxy) is 1. The Morgan fingerprint density at radius 1 is 1.31 bits per heavy atom. The Kier molecular flexibility index (Phi) is 6.02. The lowest BCUT2D eigenvalue weighted by Crippen LogP contribution is -2.50. The fourth-order valence-electron chi connectivity index (χ4n) is 2.21. The second kappa shape index (κ2) is 8.21. The molecule has 1 heterocycles. The topological polar surface area (TPSA) is 136 Å². The second-order valence-electron chi connectivity index (χ2n) is 5.37. The van der Waals surface area contributed by atoms with Crippen LogP contribution in [0.15, 0.2) is 46.1 Å². The maximum absolute atomic E-state index is 13.5. The third kappa shape index (κ3) is 4.42. The van der Waals surface area contributed by atoms with Crippen molar-refractivity contribution in [2.24, 2.45) is 5.73 Å². The van der Waals surface area contributed by atoms with Crippen LogP contribution in [0.1, 0.15) is 11.7 Å². The minimum Gasteiger partial charge on any atom is -0.466 e. The summed E-state index contributed by atoms with van der Waals surface area (Å²) < 4.78 is 18.5. The van der Waals surface area contributed by atoms with E-state index >= 15 is 0 Å². The van der Waals surface area contributed by atoms with Crippen molar-refractivity contribution in [3.8, 4) is 0 Å². The number of nitrogens with two attached hydrogens (primary N) is 1. The van der Waals surface area contributed by atoms with Crippen molar-refractivity contribution in [3.05, 3.63) is 68.7 Å². The van der Waals surface area contributed by atoms with Gasteiger partial charge in [0, 0.05) is 0 Å². The summed E-state index contributed by atoms with van der Waals surface area (Å²) in [6.07, 6.45) is -1.01. The van der Waals surface area contributed by atoms with Gasteiger partial charge in [-0.25, -0.2) is 9.59 Å². The van der Waals surface area contributed by atoms with E-state index in [0.717, 1.165) is 12.7 Å². The van der Waals surface area contributed by atoms with Gasteiger partial charge in [-0.15, -0.1) is 0 Å². The lowest BCUT2D eigenvalue weighted by molar-refractivity contribution is -0.148. The molecule has 0 saturated heterocycles. The molecule has 138 valence electrons. The summed E-state index contributed by atoms with van der Waals surface area (Å²) in [6, 6.07) is 7.87. The molecule has 1 aromatic carbocycles. The standard InChI is InChI=1S/C16H17FN4O5/c1-26-15(24)12(21-8-10(17)13(22)20-16(21)25)19-14(23)11(18)7-9-5-3-2-4-6-9/h2-6,8,11-12H,7,18H2,1H3,(H,19,23)(H,20,22,25)/t11-,12?/m0/s1. The zero-order valence-electron chi connectivity index (χ0n) is 13.8. The highest BCUT2D eigenvalue weighted by atomic mass is 19.1. The number of benzene rings is 1. The summed E-state index contributed by atoms with van der Waals surface area (Å²) in [4.78, 5) is 48.9. The lowest BCUT2D eigenvalue weighted by atomic mass is 10.1. The summed E-state index contributed by atoms with van der Waals surface area (Å²) >= 11 is 0. The normalized spacial score (nSPS) is 12.9. The number of hydrogen-bond acceptors (Lipinski definition) is 6. The minimum absolute atomic E-state index is 0.176. The Balaban J connectivity index is 2.24. The van der Waals surface area contributed by atoms with Crippen LogP contribution < -0.4 is 22.3 Å². The van der Waals surface area contributed by atoms with E-state index in [9.17, 15) is 23.6 Å². The van der Waals surface area contributed by atoms with Gasteiger partial charge < -0.3 is 15.8 Å². The van der Waals surface area contributed by atoms with E-state index in [-0.39, 0.29) is 6.42 Å². The highest BCUT2D eigenvalue weighted by Gasteiger charge is 2.27. The van der Waals surface area contributed by atoms with Gasteiger partial charge in [0.2, 0.25) is 17.9 Å². The number of amides is 1. The van der Waals surface area contributed by atoms with E-state index in [1.807, 2.05) is 0 Å². The van der Waals surface area contributed by atoms with Crippen LogP contribution in [0.2, 0.25) is 0 Å². The van der Waals surface area contributed by atoms with Gasteiger partial charge >= 0.3 is 11.7 Å². The minimum atomic E-state index is -1.69. The van der Waals surface area contributed by atoms with E-state index in [1.54, 1.807) is 35.3 Å². The van der Waals surface area contributed by atoms with Gasteiger partial charge in [0.15, 0.2) is 0 Å². The molecule has 0 fully saturated rings. The van der Waals surface area contributed by atoms with Crippen molar-refractivity contribution < 1.29 is 18.7 Å². The van der Waals surface area contributed by atoms with Gasteiger partial charge in [-0.05, 0) is 12.0 Å². The lowest BCUT2D eigenvalue weighted by Gasteiger charge is -2.20. The molecular weight excluding hydrogens is 347 g/mol. The van der Waals surface area contributed by atoms with Gasteiger partial charge in [0.1, 0.15) is 0 Å². The zero-order valence-corrected chi connectivity index (χ0v) is 13.8. The third-order valence-electron chi connectivity index (χ3n) is 3.54. The smallest absolute Gasteiger partial charge is 0.350 e. The predicted molar refractivity (Wildman–Crippen MR) is 88.6 cm³/mol. The summed E-state index contributed by atoms with van der Waals surface area (Å²) in [5.74, 6) is -3.11. The maximum Gasteiger partial charge on any atom is 0.350 e. The molecule has 0 spiro atoms. The fraction of sp³-hybridized carbons (Fsp3) is 0.250. The quantitative estimate of drug-likeness (QED) is 0.565. The number of methoxy groups -OCH3 is 1. The molecule has 26 heavy (non-hydrogen) atoms. The second-order valence-corrected chi connectivity index (χ2v) is 5.37. The van der Waals surface area contributed by atoms with E-state index < -0.39 is 41.2 Å². The van der Waals surface area contributed by atoms with Crippen molar-refractivity contribution in [3.63, 3.8) is 0 Å². The van der Waals surface area contributed by atoms with Gasteiger partial charge in [0.05, 0.1) is 19.3 Å². The highest BCUT2D eigenvalue weighted by Crippen LogP contribution is 2.06. The van der Waals surface area contributed by atoms with Crippen LogP contribution in [0.25, 0.3) is 0 Å². The number of H-pyrrole nitrogens is 1. The number of rotatable bonds is 6. The molecular formula is C16H17FN4O5. The SMILES string of the molecule is COC(=O)C(NC(=O)[C@@H](N)Cc1ccccc1)n1cc(F)c(=O)[nH]c1=O. The van der Waals surface area contributed by atoms with E-state index in [1.165, 1.54) is 0 Å². The summed E-state index contributed by atoms with van der Waals surface area (Å²) in [5.41, 5.74) is 4.27. The van der Waals surface area contributed by atoms with Crippen molar-refractivity contribution in [2.45, 2.75) is 18.6 Å². The van der Waals surface area contributed by atoms with Crippen molar-refractivity contribution in [1.29, 1.82) is 0 Å². The molecule has 1 unspecified atom stereocenters. The number of nitrogens with one attached hydrogen (secondary N) is 2. The van der Waals surface area contributed by atoms with Crippen LogP contribution in [0.3, 0.4) is 0 Å². The monoisotopic (exact) mass is 364 g/mol. The van der Waals surface area contributed by atoms with Crippen LogP contribution in [0.4, 0.5) is 4.39 Å². The fourth-order valence-corrected chi connectivity index (χ4v) is 2.21. The number of halogens is 1. The molecule has 4 N–H and O–H groups in total. The van der Waals surface area contributed by atoms with Crippen molar-refractivity contribution in [2.75, 3.05) is 7.11 Å². The molecule has 2 rings (SSSR count). The third-order valence-corrected chi connectivity index (χ3v) is 3.54. The predicted octanol–water partition coefficient (Wildman–Crippen LogP) is -0.966. The highest BCUT2D eigenvalue weighted by molar-refractivity contribution is 5.86. The molecule has 0 radical (unpaired) electrons. The van der Waals surface area contributed by atoms with E-state index in [0.29, 0.717) is 10.8 Å². The first-order chi connectivity index (χ1) is 12.3. The molecule has 10 heteroatoms. The van der Waals surface area contributed by atoms with Crippen LogP contribution >= 0.6 is 0 Å². The summed E-state index contributed by atoms with van der Waals surface area (Å²) in [7, 11) is 1.03. The summed E-state index contributed by atoms with van der Waals surface area (Å²) in [5, 5.41) is 2.23. The first-order valence-corrected chi connectivity index (χ1v) is 7.52. The number of aromatic amines is 1. The van der Waals surface area contributed by atoms with E-state index in [4.69, 9.17) is 5.73 Å². The number of esters is 1. The Morgan fingerprint density at radius 3 is 2.58 bits per heavy atom. The molecule has 0 aliphatic rings. The van der Waals surface area contributed by atoms with Crippen LogP contribution in [0.5, 0.6) is 0 Å². The molecule has 0 bridgehead atoms. The number of nitrogens with zero attached hydrogens (tertiary/aromatic N) is 1. The molecule has 1 amide bonds. The molecule has 0 aliphatic carbocycles. The van der Waals surface area contributed by atoms with Gasteiger partial charge in [-0.3, -0.25) is 19.1 Å². The number of aromatic nitrogens is 2. The average Bonchev–Trinajstić information content (AvgIpc) is 2.63. The Labute approximate surface area is 146 Å². The molecule has 2 atom stereocenters. The van der Waals surface area contributed by atoms with Crippen LogP contribution in [-0.4, -0.2) is 34.6 Å². The van der Waals surface area contributed by atoms with Crippen LogP contribution in [-0.2, 0) is 20.7 Å². The van der Waals surface area contributed by atoms with Gasteiger partial charge in [-0.2, -0.15) is 4.39 Å². The first kappa shape index (κ1) is 19.1. The Hall–Kier alpha value is -3.27. The number of hydrogen-bond donors (Lipinski definition) is 3. The molecule has 1 aromatic heterocycles. The number of carbonyl (C=O) groups is 2. The summed E-state index contributed by atoms with van der Waals surface area (Å²) in [6.45, 7) is 0. The average molecular weight is 364 g/mol. The largest absolute Gasteiger partial charge is 0.466 e. The molecule has 0 saturated carbocycles. The first-order valence-electron chi connectivity index (χ1n) is 7.52. The molecule has 0 aliphatic heterocycles. The van der Waals surface area contributed by atoms with Gasteiger partial charge in [-0.1, -0.05) is 30.3 Å². The van der Waals surface area contributed by atoms with Crippen LogP contribution in [0, 0.1) is 5.82 Å². The van der Waals surface area contributed by atoms with Crippen molar-refractivity contribution >= 4 is 11.9 Å². The Morgan fingerprint density at radius 2 is 1.96 bits per heavy atom. The number of carbonyl (C=O) groups excluding carboxylic acids is 2. The molecule has 9 nitrogen and oxygen atoms in total. The molecule has 2 aromatic rings.